The minimum absolute atomic E-state index is 0.694. The van der Waals surface area contributed by atoms with Crippen molar-refractivity contribution >= 4 is 11.3 Å². The van der Waals surface area contributed by atoms with Gasteiger partial charge in [-0.25, -0.2) is 0 Å². The van der Waals surface area contributed by atoms with E-state index in [9.17, 15) is 0 Å². The summed E-state index contributed by atoms with van der Waals surface area (Å²) in [5.41, 5.74) is 0. The molecule has 0 aromatic carbocycles. The summed E-state index contributed by atoms with van der Waals surface area (Å²) >= 11 is 1.79. The van der Waals surface area contributed by atoms with Crippen LogP contribution in [0, 0.1) is 11.8 Å². The summed E-state index contributed by atoms with van der Waals surface area (Å²) in [5, 5.41) is 14.4. The maximum atomic E-state index is 4.34. The molecule has 1 aliphatic rings. The van der Waals surface area contributed by atoms with Gasteiger partial charge in [-0.15, -0.1) is 21.5 Å². The Morgan fingerprint density at radius 3 is 2.61 bits per heavy atom. The molecular weight excluding hydrogens is 242 g/mol. The van der Waals surface area contributed by atoms with Gasteiger partial charge in [0.2, 0.25) is 0 Å². The van der Waals surface area contributed by atoms with E-state index in [0.29, 0.717) is 5.92 Å². The second-order valence-corrected chi connectivity index (χ2v) is 6.97. The van der Waals surface area contributed by atoms with Crippen LogP contribution in [-0.2, 0) is 13.0 Å². The number of aromatic nitrogens is 2. The van der Waals surface area contributed by atoms with Crippen molar-refractivity contribution < 1.29 is 0 Å². The molecule has 3 nitrogen and oxygen atoms in total. The zero-order valence-electron chi connectivity index (χ0n) is 11.6. The number of hydrogen-bond donors (Lipinski definition) is 1. The number of nitrogens with zero attached hydrogens (tertiary/aromatic N) is 2. The molecule has 102 valence electrons. The lowest BCUT2D eigenvalue weighted by Gasteiger charge is -2.19. The molecule has 0 radical (unpaired) electrons. The predicted molar refractivity (Wildman–Crippen MR) is 76.7 cm³/mol. The van der Waals surface area contributed by atoms with Crippen molar-refractivity contribution in [3.8, 4) is 0 Å². The molecule has 1 aromatic rings. The van der Waals surface area contributed by atoms with Crippen molar-refractivity contribution in [2.24, 2.45) is 11.8 Å². The van der Waals surface area contributed by atoms with Gasteiger partial charge in [-0.2, -0.15) is 0 Å². The van der Waals surface area contributed by atoms with E-state index in [1.54, 1.807) is 11.3 Å². The molecule has 0 saturated heterocycles. The molecule has 0 aliphatic heterocycles. The standard InChI is InChI=1S/C14H25N3S/c1-11(2)9-15-10-14-17-16-13(18-14)8-12-6-4-3-5-7-12/h11-12,15H,3-10H2,1-2H3. The summed E-state index contributed by atoms with van der Waals surface area (Å²) in [4.78, 5) is 0. The predicted octanol–water partition coefficient (Wildman–Crippen LogP) is 3.41. The van der Waals surface area contributed by atoms with Gasteiger partial charge >= 0.3 is 0 Å². The zero-order chi connectivity index (χ0) is 12.8. The summed E-state index contributed by atoms with van der Waals surface area (Å²) in [6.07, 6.45) is 8.18. The van der Waals surface area contributed by atoms with E-state index in [4.69, 9.17) is 0 Å². The summed E-state index contributed by atoms with van der Waals surface area (Å²) in [5.74, 6) is 1.56. The van der Waals surface area contributed by atoms with Crippen LogP contribution in [-0.4, -0.2) is 16.7 Å². The molecule has 1 aromatic heterocycles. The maximum absolute atomic E-state index is 4.34. The second kappa shape index (κ2) is 7.19. The third kappa shape index (κ3) is 4.65. The largest absolute Gasteiger partial charge is 0.310 e. The highest BCUT2D eigenvalue weighted by molar-refractivity contribution is 7.11. The Morgan fingerprint density at radius 1 is 1.17 bits per heavy atom. The first kappa shape index (κ1) is 13.9. The van der Waals surface area contributed by atoms with Crippen LogP contribution >= 0.6 is 11.3 Å². The Kier molecular flexibility index (Phi) is 5.57. The summed E-state index contributed by atoms with van der Waals surface area (Å²) < 4.78 is 0. The van der Waals surface area contributed by atoms with E-state index in [1.165, 1.54) is 37.1 Å². The zero-order valence-corrected chi connectivity index (χ0v) is 12.4. The van der Waals surface area contributed by atoms with E-state index in [0.717, 1.165) is 30.4 Å². The van der Waals surface area contributed by atoms with Crippen molar-refractivity contribution in [3.63, 3.8) is 0 Å². The average molecular weight is 267 g/mol. The lowest BCUT2D eigenvalue weighted by atomic mass is 9.87. The number of hydrogen-bond acceptors (Lipinski definition) is 4. The van der Waals surface area contributed by atoms with Gasteiger partial charge in [-0.05, 0) is 18.4 Å². The van der Waals surface area contributed by atoms with Gasteiger partial charge in [0.15, 0.2) is 0 Å². The Labute approximate surface area is 114 Å². The number of nitrogens with one attached hydrogen (secondary N) is 1. The van der Waals surface area contributed by atoms with Gasteiger partial charge in [0.1, 0.15) is 10.0 Å². The van der Waals surface area contributed by atoms with Gasteiger partial charge in [0.05, 0.1) is 0 Å². The van der Waals surface area contributed by atoms with Crippen LogP contribution in [0.15, 0.2) is 0 Å². The molecule has 0 amide bonds. The highest BCUT2D eigenvalue weighted by Gasteiger charge is 2.16. The van der Waals surface area contributed by atoms with Gasteiger partial charge in [-0.3, -0.25) is 0 Å². The van der Waals surface area contributed by atoms with Crippen molar-refractivity contribution in [1.82, 2.24) is 15.5 Å². The molecule has 1 heterocycles. The van der Waals surface area contributed by atoms with Crippen LogP contribution < -0.4 is 5.32 Å². The number of rotatable bonds is 6. The lowest BCUT2D eigenvalue weighted by molar-refractivity contribution is 0.356. The minimum atomic E-state index is 0.694. The third-order valence-electron chi connectivity index (χ3n) is 3.53. The van der Waals surface area contributed by atoms with Crippen LogP contribution in [0.2, 0.25) is 0 Å². The van der Waals surface area contributed by atoms with E-state index in [2.05, 4.69) is 29.4 Å². The molecule has 1 N–H and O–H groups in total. The monoisotopic (exact) mass is 267 g/mol. The Balaban J connectivity index is 1.74. The molecule has 0 bridgehead atoms. The fourth-order valence-corrected chi connectivity index (χ4v) is 3.48. The molecule has 1 saturated carbocycles. The van der Waals surface area contributed by atoms with E-state index >= 15 is 0 Å². The maximum Gasteiger partial charge on any atom is 0.131 e. The van der Waals surface area contributed by atoms with Crippen LogP contribution in [0.1, 0.15) is 56.0 Å². The Morgan fingerprint density at radius 2 is 1.89 bits per heavy atom. The fourth-order valence-electron chi connectivity index (χ4n) is 2.55. The first-order valence-electron chi connectivity index (χ1n) is 7.26. The molecule has 2 rings (SSSR count). The highest BCUT2D eigenvalue weighted by Crippen LogP contribution is 2.27. The Bertz CT molecular complexity index is 343. The third-order valence-corrected chi connectivity index (χ3v) is 4.47. The van der Waals surface area contributed by atoms with Gasteiger partial charge in [0, 0.05) is 13.0 Å². The van der Waals surface area contributed by atoms with Crippen molar-refractivity contribution in [3.05, 3.63) is 10.0 Å². The Hall–Kier alpha value is -0.480. The molecular formula is C14H25N3S. The molecule has 1 fully saturated rings. The molecule has 0 atom stereocenters. The van der Waals surface area contributed by atoms with E-state index in [-0.39, 0.29) is 0 Å². The quantitative estimate of drug-likeness (QED) is 0.858. The van der Waals surface area contributed by atoms with Crippen LogP contribution in [0.3, 0.4) is 0 Å². The molecule has 4 heteroatoms. The minimum Gasteiger partial charge on any atom is -0.310 e. The van der Waals surface area contributed by atoms with Gasteiger partial charge < -0.3 is 5.32 Å². The van der Waals surface area contributed by atoms with Crippen LogP contribution in [0.4, 0.5) is 0 Å². The van der Waals surface area contributed by atoms with Gasteiger partial charge in [0.25, 0.3) is 0 Å². The average Bonchev–Trinajstić information content (AvgIpc) is 2.78. The van der Waals surface area contributed by atoms with Crippen LogP contribution in [0.25, 0.3) is 0 Å². The fraction of sp³-hybridized carbons (Fsp3) is 0.857. The lowest BCUT2D eigenvalue weighted by Crippen LogP contribution is -2.18. The first-order chi connectivity index (χ1) is 8.74. The van der Waals surface area contributed by atoms with E-state index < -0.39 is 0 Å². The normalized spacial score (nSPS) is 17.5. The van der Waals surface area contributed by atoms with E-state index in [1.807, 2.05) is 0 Å². The SMILES string of the molecule is CC(C)CNCc1nnc(CC2CCCCC2)s1. The summed E-state index contributed by atoms with van der Waals surface area (Å²) in [6.45, 7) is 6.38. The van der Waals surface area contributed by atoms with Crippen LogP contribution in [0.5, 0.6) is 0 Å². The molecule has 18 heavy (non-hydrogen) atoms. The smallest absolute Gasteiger partial charge is 0.131 e. The van der Waals surface area contributed by atoms with Gasteiger partial charge in [-0.1, -0.05) is 46.0 Å². The molecule has 0 unspecified atom stereocenters. The van der Waals surface area contributed by atoms with Crippen molar-refractivity contribution in [1.29, 1.82) is 0 Å². The molecule has 0 spiro atoms. The topological polar surface area (TPSA) is 37.8 Å². The van der Waals surface area contributed by atoms with Crippen molar-refractivity contribution in [2.45, 2.75) is 58.9 Å². The summed E-state index contributed by atoms with van der Waals surface area (Å²) in [6, 6.07) is 0. The first-order valence-corrected chi connectivity index (χ1v) is 8.07. The highest BCUT2D eigenvalue weighted by atomic mass is 32.1. The second-order valence-electron chi connectivity index (χ2n) is 5.82. The molecule has 1 aliphatic carbocycles. The van der Waals surface area contributed by atoms with Crippen molar-refractivity contribution in [2.75, 3.05) is 6.54 Å². The summed E-state index contributed by atoms with van der Waals surface area (Å²) in [7, 11) is 0.